The van der Waals surface area contributed by atoms with E-state index in [1.165, 1.54) is 12.1 Å². The van der Waals surface area contributed by atoms with Gasteiger partial charge in [-0.2, -0.15) is 0 Å². The van der Waals surface area contributed by atoms with Gasteiger partial charge in [0.2, 0.25) is 10.0 Å². The fraction of sp³-hybridized carbons (Fsp3) is 0.375. The summed E-state index contributed by atoms with van der Waals surface area (Å²) in [4.78, 5) is 19.9. The first kappa shape index (κ1) is 16.7. The van der Waals surface area contributed by atoms with Crippen LogP contribution in [0.25, 0.3) is 0 Å². The molecule has 0 aliphatic carbocycles. The summed E-state index contributed by atoms with van der Waals surface area (Å²) in [7, 11) is -3.70. The summed E-state index contributed by atoms with van der Waals surface area (Å²) in [5.74, 6) is 0.513. The number of carbonyl (C=O) groups is 1. The van der Waals surface area contributed by atoms with Crippen molar-refractivity contribution in [3.05, 3.63) is 47.0 Å². The Kier molecular flexibility index (Phi) is 3.97. The van der Waals surface area contributed by atoms with Gasteiger partial charge < -0.3 is 10.3 Å². The predicted octanol–water partition coefficient (Wildman–Crippen LogP) is 0.960. The quantitative estimate of drug-likeness (QED) is 0.765. The number of nitrogens with zero attached hydrogens (tertiary/aromatic N) is 1. The molecule has 1 aromatic carbocycles. The molecule has 0 saturated carbocycles. The third-order valence-electron chi connectivity index (χ3n) is 4.05. The number of aromatic amines is 1. The summed E-state index contributed by atoms with van der Waals surface area (Å²) >= 11 is 0. The van der Waals surface area contributed by atoms with Crippen LogP contribution in [0.3, 0.4) is 0 Å². The molecule has 8 heteroatoms. The first-order valence-electron chi connectivity index (χ1n) is 7.62. The van der Waals surface area contributed by atoms with Gasteiger partial charge in [0.15, 0.2) is 0 Å². The number of carbonyl (C=O) groups excluding carboxylic acids is 1. The fourth-order valence-electron chi connectivity index (χ4n) is 2.80. The van der Waals surface area contributed by atoms with Gasteiger partial charge in [0.25, 0.3) is 5.91 Å². The number of fused-ring (bicyclic) bond motifs is 1. The molecule has 4 N–H and O–H groups in total. The maximum absolute atomic E-state index is 12.1. The molecule has 0 saturated heterocycles. The molecule has 128 valence electrons. The SMILES string of the molecule is CC1(C)CNC(=O)c2nc(Cc3ccc(S(N)(=O)=O)cc3)[nH]c2C1. The summed E-state index contributed by atoms with van der Waals surface area (Å²) < 4.78 is 22.6. The Hall–Kier alpha value is -2.19. The predicted molar refractivity (Wildman–Crippen MR) is 89.0 cm³/mol. The van der Waals surface area contributed by atoms with Gasteiger partial charge in [-0.25, -0.2) is 18.5 Å². The Balaban J connectivity index is 1.85. The molecular weight excluding hydrogens is 328 g/mol. The third kappa shape index (κ3) is 3.49. The van der Waals surface area contributed by atoms with E-state index < -0.39 is 10.0 Å². The number of hydrogen-bond donors (Lipinski definition) is 3. The van der Waals surface area contributed by atoms with Crippen molar-refractivity contribution in [1.82, 2.24) is 15.3 Å². The number of imidazole rings is 1. The molecule has 3 rings (SSSR count). The molecule has 1 aliphatic heterocycles. The number of primary sulfonamides is 1. The average Bonchev–Trinajstić information content (AvgIpc) is 2.82. The van der Waals surface area contributed by atoms with E-state index in [1.807, 2.05) is 0 Å². The van der Waals surface area contributed by atoms with Gasteiger partial charge in [0.1, 0.15) is 11.5 Å². The number of nitrogens with one attached hydrogen (secondary N) is 2. The van der Waals surface area contributed by atoms with Gasteiger partial charge in [-0.15, -0.1) is 0 Å². The van der Waals surface area contributed by atoms with E-state index in [2.05, 4.69) is 29.1 Å². The van der Waals surface area contributed by atoms with Crippen molar-refractivity contribution >= 4 is 15.9 Å². The van der Waals surface area contributed by atoms with Crippen molar-refractivity contribution in [3.8, 4) is 0 Å². The van der Waals surface area contributed by atoms with Crippen LogP contribution in [-0.4, -0.2) is 30.8 Å². The molecule has 1 aromatic heterocycles. The lowest BCUT2D eigenvalue weighted by Crippen LogP contribution is -2.32. The van der Waals surface area contributed by atoms with Crippen LogP contribution in [0.1, 0.15) is 41.4 Å². The second-order valence-corrected chi connectivity index (χ2v) is 8.46. The molecule has 24 heavy (non-hydrogen) atoms. The van der Waals surface area contributed by atoms with Gasteiger partial charge in [-0.1, -0.05) is 26.0 Å². The summed E-state index contributed by atoms with van der Waals surface area (Å²) in [6, 6.07) is 6.32. The molecular formula is C16H20N4O3S. The summed E-state index contributed by atoms with van der Waals surface area (Å²) in [5, 5.41) is 7.98. The highest BCUT2D eigenvalue weighted by Gasteiger charge is 2.29. The van der Waals surface area contributed by atoms with Crippen molar-refractivity contribution in [2.24, 2.45) is 10.6 Å². The van der Waals surface area contributed by atoms with Gasteiger partial charge >= 0.3 is 0 Å². The minimum Gasteiger partial charge on any atom is -0.350 e. The Labute approximate surface area is 140 Å². The van der Waals surface area contributed by atoms with Crippen molar-refractivity contribution in [3.63, 3.8) is 0 Å². The fourth-order valence-corrected chi connectivity index (χ4v) is 3.31. The molecule has 0 unspecified atom stereocenters. The number of benzene rings is 1. The summed E-state index contributed by atoms with van der Waals surface area (Å²) in [5.41, 5.74) is 2.12. The second kappa shape index (κ2) is 5.71. The van der Waals surface area contributed by atoms with Crippen LogP contribution in [0, 0.1) is 5.41 Å². The van der Waals surface area contributed by atoms with Gasteiger partial charge in [0.05, 0.1) is 4.90 Å². The van der Waals surface area contributed by atoms with E-state index >= 15 is 0 Å². The third-order valence-corrected chi connectivity index (χ3v) is 4.98. The van der Waals surface area contributed by atoms with E-state index in [0.29, 0.717) is 24.5 Å². The van der Waals surface area contributed by atoms with Crippen molar-refractivity contribution in [2.45, 2.75) is 31.6 Å². The molecule has 2 aromatic rings. The lowest BCUT2D eigenvalue weighted by atomic mass is 9.88. The van der Waals surface area contributed by atoms with Crippen LogP contribution < -0.4 is 10.5 Å². The Morgan fingerprint density at radius 2 is 1.92 bits per heavy atom. The summed E-state index contributed by atoms with van der Waals surface area (Å²) in [6.07, 6.45) is 1.21. The summed E-state index contributed by atoms with van der Waals surface area (Å²) in [6.45, 7) is 4.80. The van der Waals surface area contributed by atoms with Crippen molar-refractivity contribution < 1.29 is 13.2 Å². The van der Waals surface area contributed by atoms with Crippen LogP contribution in [0.4, 0.5) is 0 Å². The molecule has 7 nitrogen and oxygen atoms in total. The zero-order chi connectivity index (χ0) is 17.5. The highest BCUT2D eigenvalue weighted by Crippen LogP contribution is 2.25. The zero-order valence-corrected chi connectivity index (χ0v) is 14.4. The Morgan fingerprint density at radius 1 is 1.25 bits per heavy atom. The number of amides is 1. The molecule has 1 aliphatic rings. The molecule has 0 fully saturated rings. The topological polar surface area (TPSA) is 118 Å². The number of hydrogen-bond acceptors (Lipinski definition) is 4. The first-order chi connectivity index (χ1) is 11.1. The smallest absolute Gasteiger partial charge is 0.271 e. The Morgan fingerprint density at radius 3 is 2.54 bits per heavy atom. The van der Waals surface area contributed by atoms with Crippen LogP contribution in [0.15, 0.2) is 29.2 Å². The minimum atomic E-state index is -3.70. The Bertz CT molecular complexity index is 883. The lowest BCUT2D eigenvalue weighted by molar-refractivity contribution is 0.0940. The molecule has 0 atom stereocenters. The standard InChI is InChI=1S/C16H20N4O3S/c1-16(2)8-12-14(15(21)18-9-16)20-13(19-12)7-10-3-5-11(6-4-10)24(17,22)23/h3-6H,7-9H2,1-2H3,(H,18,21)(H,19,20)(H2,17,22,23). The maximum atomic E-state index is 12.1. The van der Waals surface area contributed by atoms with E-state index in [1.54, 1.807) is 12.1 Å². The molecule has 0 radical (unpaired) electrons. The van der Waals surface area contributed by atoms with Crippen LogP contribution in [-0.2, 0) is 22.9 Å². The second-order valence-electron chi connectivity index (χ2n) is 6.90. The normalized spacial score (nSPS) is 17.0. The van der Waals surface area contributed by atoms with E-state index in [9.17, 15) is 13.2 Å². The highest BCUT2D eigenvalue weighted by atomic mass is 32.2. The monoisotopic (exact) mass is 348 g/mol. The van der Waals surface area contributed by atoms with E-state index in [4.69, 9.17) is 5.14 Å². The number of sulfonamides is 1. The van der Waals surface area contributed by atoms with Crippen LogP contribution in [0.5, 0.6) is 0 Å². The molecule has 0 spiro atoms. The highest BCUT2D eigenvalue weighted by molar-refractivity contribution is 7.89. The maximum Gasteiger partial charge on any atom is 0.271 e. The number of nitrogens with two attached hydrogens (primary N) is 1. The minimum absolute atomic E-state index is 0.0398. The van der Waals surface area contributed by atoms with E-state index in [0.717, 1.165) is 17.7 Å². The van der Waals surface area contributed by atoms with Crippen LogP contribution >= 0.6 is 0 Å². The molecule has 1 amide bonds. The zero-order valence-electron chi connectivity index (χ0n) is 13.6. The number of H-pyrrole nitrogens is 1. The number of rotatable bonds is 3. The van der Waals surface area contributed by atoms with Gasteiger partial charge in [-0.05, 0) is 29.5 Å². The average molecular weight is 348 g/mol. The van der Waals surface area contributed by atoms with Crippen molar-refractivity contribution in [1.29, 1.82) is 0 Å². The number of aromatic nitrogens is 2. The van der Waals surface area contributed by atoms with E-state index in [-0.39, 0.29) is 16.2 Å². The van der Waals surface area contributed by atoms with Gasteiger partial charge in [0, 0.05) is 18.7 Å². The van der Waals surface area contributed by atoms with Gasteiger partial charge in [-0.3, -0.25) is 4.79 Å². The lowest BCUT2D eigenvalue weighted by Gasteiger charge is -2.21. The molecule has 0 bridgehead atoms. The van der Waals surface area contributed by atoms with Crippen LogP contribution in [0.2, 0.25) is 0 Å². The molecule has 2 heterocycles. The largest absolute Gasteiger partial charge is 0.350 e. The first-order valence-corrected chi connectivity index (χ1v) is 9.16. The van der Waals surface area contributed by atoms with Crippen molar-refractivity contribution in [2.75, 3.05) is 6.54 Å².